The number of rotatable bonds is 4. The van der Waals surface area contributed by atoms with Crippen LogP contribution in [-0.2, 0) is 9.84 Å². The van der Waals surface area contributed by atoms with Crippen molar-refractivity contribution in [1.82, 2.24) is 4.98 Å². The van der Waals surface area contributed by atoms with E-state index in [0.717, 1.165) is 22.5 Å². The van der Waals surface area contributed by atoms with Crippen molar-refractivity contribution >= 4 is 37.9 Å². The first-order valence-electron chi connectivity index (χ1n) is 9.73. The zero-order valence-electron chi connectivity index (χ0n) is 16.7. The lowest BCUT2D eigenvalue weighted by Crippen LogP contribution is -2.39. The molecule has 0 unspecified atom stereocenters. The molecule has 0 saturated carbocycles. The zero-order valence-corrected chi connectivity index (χ0v) is 19.1. The van der Waals surface area contributed by atoms with E-state index in [0.29, 0.717) is 25.9 Å². The molecule has 1 fully saturated rings. The number of sulfone groups is 1. The van der Waals surface area contributed by atoms with Gasteiger partial charge in [0.05, 0.1) is 20.9 Å². The van der Waals surface area contributed by atoms with Gasteiger partial charge in [-0.05, 0) is 56.0 Å². The monoisotopic (exact) mass is 464 g/mol. The average Bonchev–Trinajstić information content (AvgIpc) is 3.19. The number of hydrogen-bond donors (Lipinski definition) is 0. The maximum absolute atomic E-state index is 13.4. The van der Waals surface area contributed by atoms with Crippen molar-refractivity contribution < 1.29 is 12.8 Å². The highest BCUT2D eigenvalue weighted by Gasteiger charge is 2.32. The molecule has 8 heteroatoms. The minimum atomic E-state index is -3.55. The Morgan fingerprint density at radius 2 is 1.80 bits per heavy atom. The molecule has 4 rings (SSSR count). The van der Waals surface area contributed by atoms with Gasteiger partial charge in [0.1, 0.15) is 5.82 Å². The highest BCUT2D eigenvalue weighted by atomic mass is 35.5. The van der Waals surface area contributed by atoms with Gasteiger partial charge in [0.25, 0.3) is 0 Å². The summed E-state index contributed by atoms with van der Waals surface area (Å²) in [7, 11) is -3.55. The van der Waals surface area contributed by atoms with E-state index in [9.17, 15) is 12.8 Å². The summed E-state index contributed by atoms with van der Waals surface area (Å²) < 4.78 is 39.3. The van der Waals surface area contributed by atoms with E-state index >= 15 is 0 Å². The fourth-order valence-corrected chi connectivity index (χ4v) is 6.82. The fraction of sp³-hybridized carbons (Fsp3) is 0.318. The second-order valence-corrected chi connectivity index (χ2v) is 11.1. The molecule has 0 spiro atoms. The first-order chi connectivity index (χ1) is 14.3. The van der Waals surface area contributed by atoms with Crippen LogP contribution in [0.4, 0.5) is 9.52 Å². The number of piperidine rings is 1. The van der Waals surface area contributed by atoms with Crippen molar-refractivity contribution in [3.8, 4) is 11.3 Å². The zero-order chi connectivity index (χ0) is 21.5. The standard InChI is InChI=1S/C22H22ClFN2O2S2/c1-14-4-3-5-15(2)21(14)20-13-29-22(25-20)26-10-8-16(9-11-26)30(27,28)17-6-7-19(24)18(23)12-17/h3-7,12-13,16H,8-11H2,1-2H3. The molecule has 0 aliphatic carbocycles. The van der Waals surface area contributed by atoms with Crippen LogP contribution in [0.15, 0.2) is 46.7 Å². The molecular weight excluding hydrogens is 443 g/mol. The number of thiazole rings is 1. The average molecular weight is 465 g/mol. The van der Waals surface area contributed by atoms with E-state index < -0.39 is 20.9 Å². The summed E-state index contributed by atoms with van der Waals surface area (Å²) in [4.78, 5) is 7.06. The maximum atomic E-state index is 13.4. The van der Waals surface area contributed by atoms with Crippen LogP contribution in [-0.4, -0.2) is 31.7 Å². The second-order valence-electron chi connectivity index (χ2n) is 7.59. The van der Waals surface area contributed by atoms with Crippen molar-refractivity contribution in [1.29, 1.82) is 0 Å². The number of halogens is 2. The molecule has 2 aromatic carbocycles. The van der Waals surface area contributed by atoms with Crippen LogP contribution < -0.4 is 4.90 Å². The Morgan fingerprint density at radius 1 is 1.13 bits per heavy atom. The SMILES string of the molecule is Cc1cccc(C)c1-c1csc(N2CCC(S(=O)(=O)c3ccc(F)c(Cl)c3)CC2)n1. The van der Waals surface area contributed by atoms with E-state index in [2.05, 4.69) is 36.3 Å². The molecule has 4 nitrogen and oxygen atoms in total. The molecule has 1 saturated heterocycles. The third kappa shape index (κ3) is 3.98. The molecule has 1 aromatic heterocycles. The highest BCUT2D eigenvalue weighted by molar-refractivity contribution is 7.92. The largest absolute Gasteiger partial charge is 0.348 e. The third-order valence-corrected chi connectivity index (χ3v) is 9.05. The van der Waals surface area contributed by atoms with Gasteiger partial charge in [0.15, 0.2) is 15.0 Å². The number of anilines is 1. The fourth-order valence-electron chi connectivity index (χ4n) is 3.95. The molecular formula is C22H22ClFN2O2S2. The second kappa shape index (κ2) is 8.29. The Hall–Kier alpha value is -1.96. The Morgan fingerprint density at radius 3 is 2.43 bits per heavy atom. The van der Waals surface area contributed by atoms with Crippen LogP contribution >= 0.6 is 22.9 Å². The van der Waals surface area contributed by atoms with Gasteiger partial charge in [-0.1, -0.05) is 29.8 Å². The van der Waals surface area contributed by atoms with Crippen LogP contribution in [0.2, 0.25) is 5.02 Å². The molecule has 3 aromatic rings. The first kappa shape index (κ1) is 21.3. The van der Waals surface area contributed by atoms with Crippen molar-refractivity contribution in [2.45, 2.75) is 36.8 Å². The third-order valence-electron chi connectivity index (χ3n) is 5.60. The van der Waals surface area contributed by atoms with Crippen molar-refractivity contribution in [2.24, 2.45) is 0 Å². The summed E-state index contributed by atoms with van der Waals surface area (Å²) in [6.45, 7) is 5.38. The number of aryl methyl sites for hydroxylation is 2. The van der Waals surface area contributed by atoms with Gasteiger partial charge in [-0.3, -0.25) is 0 Å². The Bertz CT molecular complexity index is 1170. The Kier molecular flexibility index (Phi) is 5.88. The van der Waals surface area contributed by atoms with Gasteiger partial charge >= 0.3 is 0 Å². The first-order valence-corrected chi connectivity index (χ1v) is 12.5. The summed E-state index contributed by atoms with van der Waals surface area (Å²) in [5, 5.41) is 2.30. The smallest absolute Gasteiger partial charge is 0.185 e. The van der Waals surface area contributed by atoms with Gasteiger partial charge in [-0.25, -0.2) is 17.8 Å². The lowest BCUT2D eigenvalue weighted by Gasteiger charge is -2.31. The molecule has 158 valence electrons. The summed E-state index contributed by atoms with van der Waals surface area (Å²) in [5.41, 5.74) is 4.50. The molecule has 0 radical (unpaired) electrons. The van der Waals surface area contributed by atoms with Crippen molar-refractivity contribution in [3.63, 3.8) is 0 Å². The van der Waals surface area contributed by atoms with E-state index in [1.54, 1.807) is 11.3 Å². The number of nitrogens with zero attached hydrogens (tertiary/aromatic N) is 2. The van der Waals surface area contributed by atoms with Crippen molar-refractivity contribution in [2.75, 3.05) is 18.0 Å². The number of benzene rings is 2. The quantitative estimate of drug-likeness (QED) is 0.467. The van der Waals surface area contributed by atoms with Gasteiger partial charge in [0, 0.05) is 24.0 Å². The lowest BCUT2D eigenvalue weighted by atomic mass is 10.0. The summed E-state index contributed by atoms with van der Waals surface area (Å²) in [6, 6.07) is 9.81. The summed E-state index contributed by atoms with van der Waals surface area (Å²) >= 11 is 7.37. The van der Waals surface area contributed by atoms with E-state index in [-0.39, 0.29) is 9.92 Å². The van der Waals surface area contributed by atoms with Crippen LogP contribution in [0, 0.1) is 19.7 Å². The topological polar surface area (TPSA) is 50.3 Å². The lowest BCUT2D eigenvalue weighted by molar-refractivity contribution is 0.529. The maximum Gasteiger partial charge on any atom is 0.185 e. The predicted molar refractivity (Wildman–Crippen MR) is 121 cm³/mol. The van der Waals surface area contributed by atoms with Crippen LogP contribution in [0.1, 0.15) is 24.0 Å². The Labute approximate surface area is 185 Å². The van der Waals surface area contributed by atoms with Crippen LogP contribution in [0.5, 0.6) is 0 Å². The van der Waals surface area contributed by atoms with Gasteiger partial charge in [-0.2, -0.15) is 0 Å². The van der Waals surface area contributed by atoms with Gasteiger partial charge < -0.3 is 4.90 Å². The highest BCUT2D eigenvalue weighted by Crippen LogP contribution is 2.34. The van der Waals surface area contributed by atoms with Gasteiger partial charge in [0.2, 0.25) is 0 Å². The van der Waals surface area contributed by atoms with Crippen molar-refractivity contribution in [3.05, 3.63) is 63.7 Å². The Balaban J connectivity index is 1.49. The molecule has 0 atom stereocenters. The molecule has 0 N–H and O–H groups in total. The number of aromatic nitrogens is 1. The van der Waals surface area contributed by atoms with Gasteiger partial charge in [-0.15, -0.1) is 11.3 Å². The minimum Gasteiger partial charge on any atom is -0.348 e. The molecule has 2 heterocycles. The molecule has 30 heavy (non-hydrogen) atoms. The molecule has 0 amide bonds. The van der Waals surface area contributed by atoms with E-state index in [4.69, 9.17) is 16.6 Å². The molecule has 1 aliphatic rings. The minimum absolute atomic E-state index is 0.0823. The van der Waals surface area contributed by atoms with Crippen LogP contribution in [0.25, 0.3) is 11.3 Å². The predicted octanol–water partition coefficient (Wildman–Crippen LogP) is 5.66. The van der Waals surface area contributed by atoms with Crippen LogP contribution in [0.3, 0.4) is 0 Å². The van der Waals surface area contributed by atoms with E-state index in [1.807, 2.05) is 6.07 Å². The summed E-state index contributed by atoms with van der Waals surface area (Å²) in [6.07, 6.45) is 0.991. The number of hydrogen-bond acceptors (Lipinski definition) is 5. The molecule has 0 bridgehead atoms. The molecule has 1 aliphatic heterocycles. The van der Waals surface area contributed by atoms with E-state index in [1.165, 1.54) is 23.3 Å². The summed E-state index contributed by atoms with van der Waals surface area (Å²) in [5.74, 6) is -0.617. The normalized spacial score (nSPS) is 15.5.